The number of likely N-dealkylation sites (tertiary alicyclic amines) is 1. The second-order valence-electron chi connectivity index (χ2n) is 10.0. The minimum atomic E-state index is 0.153. The highest BCUT2D eigenvalue weighted by molar-refractivity contribution is 6.09. The van der Waals surface area contributed by atoms with Crippen LogP contribution in [0.3, 0.4) is 0 Å². The summed E-state index contributed by atoms with van der Waals surface area (Å²) in [4.78, 5) is 19.9. The van der Waals surface area contributed by atoms with Crippen molar-refractivity contribution in [3.8, 4) is 0 Å². The monoisotopic (exact) mass is 429 g/mol. The number of benzene rings is 2. The summed E-state index contributed by atoms with van der Waals surface area (Å²) < 4.78 is 2.35. The maximum Gasteiger partial charge on any atom is 0.199 e. The SMILES string of the molecule is CCc1cc2c(=O)c3c4ccccc4[nH]c3n(C(C)C)c2cc1C1CCN(C(C)C)CC1. The van der Waals surface area contributed by atoms with E-state index in [1.807, 2.05) is 12.1 Å². The lowest BCUT2D eigenvalue weighted by atomic mass is 9.84. The fourth-order valence-electron chi connectivity index (χ4n) is 5.77. The largest absolute Gasteiger partial charge is 0.340 e. The summed E-state index contributed by atoms with van der Waals surface area (Å²) in [6.45, 7) is 13.5. The highest BCUT2D eigenvalue weighted by atomic mass is 16.1. The van der Waals surface area contributed by atoms with E-state index in [9.17, 15) is 4.79 Å². The quantitative estimate of drug-likeness (QED) is 0.410. The molecule has 0 aliphatic carbocycles. The van der Waals surface area contributed by atoms with E-state index in [1.165, 1.54) is 24.0 Å². The Bertz CT molecular complexity index is 1350. The molecule has 0 radical (unpaired) electrons. The van der Waals surface area contributed by atoms with Crippen LogP contribution in [-0.2, 0) is 6.42 Å². The number of aromatic nitrogens is 2. The third-order valence-corrected chi connectivity index (χ3v) is 7.51. The zero-order valence-electron chi connectivity index (χ0n) is 20.0. The maximum atomic E-state index is 13.8. The van der Waals surface area contributed by atoms with Crippen LogP contribution in [0.25, 0.3) is 32.8 Å². The first kappa shape index (κ1) is 21.3. The van der Waals surface area contributed by atoms with Gasteiger partial charge in [0.15, 0.2) is 5.43 Å². The van der Waals surface area contributed by atoms with E-state index >= 15 is 0 Å². The van der Waals surface area contributed by atoms with Crippen LogP contribution in [0.2, 0.25) is 0 Å². The standard InChI is InChI=1S/C28H35N3O/c1-6-19-15-23-25(16-22(19)20-11-13-30(14-12-20)17(2)3)31(18(4)5)28-26(27(23)32)21-9-7-8-10-24(21)29-28/h7-10,15-18,20,29H,6,11-14H2,1-5H3. The lowest BCUT2D eigenvalue weighted by Gasteiger charge is -2.35. The van der Waals surface area contributed by atoms with Crippen molar-refractivity contribution in [3.05, 3.63) is 57.7 Å². The molecule has 32 heavy (non-hydrogen) atoms. The fraction of sp³-hybridized carbons (Fsp3) is 0.464. The summed E-state index contributed by atoms with van der Waals surface area (Å²) in [5.41, 5.74) is 5.99. The molecule has 0 bridgehead atoms. The van der Waals surface area contributed by atoms with Crippen molar-refractivity contribution in [2.24, 2.45) is 0 Å². The number of hydrogen-bond donors (Lipinski definition) is 1. The number of aromatic amines is 1. The molecule has 4 nitrogen and oxygen atoms in total. The first-order valence-electron chi connectivity index (χ1n) is 12.3. The number of para-hydroxylation sites is 1. The Balaban J connectivity index is 1.77. The molecule has 3 heterocycles. The van der Waals surface area contributed by atoms with Crippen molar-refractivity contribution in [1.82, 2.24) is 14.5 Å². The van der Waals surface area contributed by atoms with Gasteiger partial charge in [0, 0.05) is 28.4 Å². The highest BCUT2D eigenvalue weighted by Crippen LogP contribution is 2.36. The Morgan fingerprint density at radius 2 is 1.72 bits per heavy atom. The Hall–Kier alpha value is -2.59. The minimum Gasteiger partial charge on any atom is -0.340 e. The van der Waals surface area contributed by atoms with Crippen LogP contribution in [0, 0.1) is 0 Å². The molecule has 1 fully saturated rings. The van der Waals surface area contributed by atoms with Gasteiger partial charge in [-0.1, -0.05) is 25.1 Å². The molecule has 2 aromatic carbocycles. The van der Waals surface area contributed by atoms with E-state index < -0.39 is 0 Å². The summed E-state index contributed by atoms with van der Waals surface area (Å²) in [6, 6.07) is 13.6. The zero-order valence-corrected chi connectivity index (χ0v) is 20.0. The maximum absolute atomic E-state index is 13.8. The number of piperidine rings is 1. The second kappa shape index (κ2) is 8.08. The van der Waals surface area contributed by atoms with Gasteiger partial charge in [0.05, 0.1) is 10.9 Å². The highest BCUT2D eigenvalue weighted by Gasteiger charge is 2.25. The van der Waals surface area contributed by atoms with Crippen LogP contribution in [-0.4, -0.2) is 33.6 Å². The predicted molar refractivity (Wildman–Crippen MR) is 136 cm³/mol. The molecule has 4 heteroatoms. The molecule has 168 valence electrons. The van der Waals surface area contributed by atoms with Gasteiger partial charge in [-0.2, -0.15) is 0 Å². The normalized spacial score (nSPS) is 16.3. The van der Waals surface area contributed by atoms with Crippen molar-refractivity contribution in [3.63, 3.8) is 0 Å². The number of hydrogen-bond acceptors (Lipinski definition) is 2. The van der Waals surface area contributed by atoms with Gasteiger partial charge in [-0.3, -0.25) is 4.79 Å². The van der Waals surface area contributed by atoms with Crippen LogP contribution in [0.15, 0.2) is 41.2 Å². The van der Waals surface area contributed by atoms with E-state index in [4.69, 9.17) is 0 Å². The lowest BCUT2D eigenvalue weighted by molar-refractivity contribution is 0.171. The van der Waals surface area contributed by atoms with Crippen molar-refractivity contribution >= 4 is 32.8 Å². The van der Waals surface area contributed by atoms with Crippen LogP contribution in [0.5, 0.6) is 0 Å². The van der Waals surface area contributed by atoms with Crippen LogP contribution >= 0.6 is 0 Å². The topological polar surface area (TPSA) is 41.0 Å². The molecule has 1 saturated heterocycles. The van der Waals surface area contributed by atoms with Gasteiger partial charge in [-0.05, 0) is 95.3 Å². The molecule has 0 unspecified atom stereocenters. The molecule has 0 amide bonds. The van der Waals surface area contributed by atoms with E-state index in [0.29, 0.717) is 12.0 Å². The third-order valence-electron chi connectivity index (χ3n) is 7.51. The molecule has 1 N–H and O–H groups in total. The summed E-state index contributed by atoms with van der Waals surface area (Å²) >= 11 is 0. The van der Waals surface area contributed by atoms with Crippen molar-refractivity contribution in [2.45, 2.75) is 71.9 Å². The van der Waals surface area contributed by atoms with Crippen molar-refractivity contribution in [2.75, 3.05) is 13.1 Å². The predicted octanol–water partition coefficient (Wildman–Crippen LogP) is 6.37. The zero-order chi connectivity index (χ0) is 22.6. The van der Waals surface area contributed by atoms with Gasteiger partial charge in [0.2, 0.25) is 0 Å². The van der Waals surface area contributed by atoms with E-state index in [1.54, 1.807) is 0 Å². The molecule has 1 aliphatic heterocycles. The molecular weight excluding hydrogens is 394 g/mol. The average Bonchev–Trinajstić information content (AvgIpc) is 3.17. The molecule has 0 spiro atoms. The van der Waals surface area contributed by atoms with Gasteiger partial charge in [-0.25, -0.2) is 0 Å². The van der Waals surface area contributed by atoms with Crippen molar-refractivity contribution in [1.29, 1.82) is 0 Å². The molecule has 4 aromatic rings. The molecule has 5 rings (SSSR count). The molecule has 0 saturated carbocycles. The number of nitrogens with one attached hydrogen (secondary N) is 1. The number of H-pyrrole nitrogens is 1. The second-order valence-corrected chi connectivity index (χ2v) is 10.0. The Kier molecular flexibility index (Phi) is 5.37. The smallest absolute Gasteiger partial charge is 0.199 e. The van der Waals surface area contributed by atoms with Gasteiger partial charge < -0.3 is 14.5 Å². The van der Waals surface area contributed by atoms with Crippen LogP contribution < -0.4 is 5.43 Å². The van der Waals surface area contributed by atoms with Crippen LogP contribution in [0.4, 0.5) is 0 Å². The van der Waals surface area contributed by atoms with E-state index in [-0.39, 0.29) is 11.5 Å². The number of rotatable bonds is 4. The molecule has 1 aliphatic rings. The van der Waals surface area contributed by atoms with Gasteiger partial charge in [0.25, 0.3) is 0 Å². The summed E-state index contributed by atoms with van der Waals surface area (Å²) in [6.07, 6.45) is 3.34. The van der Waals surface area contributed by atoms with Gasteiger partial charge >= 0.3 is 0 Å². The van der Waals surface area contributed by atoms with E-state index in [2.05, 4.69) is 73.3 Å². The average molecular weight is 430 g/mol. The van der Waals surface area contributed by atoms with Gasteiger partial charge in [0.1, 0.15) is 5.65 Å². The Morgan fingerprint density at radius 1 is 1.00 bits per heavy atom. The fourth-order valence-corrected chi connectivity index (χ4v) is 5.77. The number of fused-ring (bicyclic) bond motifs is 4. The first-order chi connectivity index (χ1) is 15.4. The number of nitrogens with zero attached hydrogens (tertiary/aromatic N) is 2. The minimum absolute atomic E-state index is 0.153. The summed E-state index contributed by atoms with van der Waals surface area (Å²) in [7, 11) is 0. The van der Waals surface area contributed by atoms with Crippen LogP contribution in [0.1, 0.15) is 70.5 Å². The number of aryl methyl sites for hydroxylation is 1. The van der Waals surface area contributed by atoms with Crippen molar-refractivity contribution < 1.29 is 0 Å². The Morgan fingerprint density at radius 3 is 2.38 bits per heavy atom. The Labute approximate surface area is 190 Å². The molecule has 2 aromatic heterocycles. The molecule has 0 atom stereocenters. The third kappa shape index (κ3) is 3.27. The summed E-state index contributed by atoms with van der Waals surface area (Å²) in [5.74, 6) is 0.568. The first-order valence-corrected chi connectivity index (χ1v) is 12.3. The van der Waals surface area contributed by atoms with E-state index in [0.717, 1.165) is 52.3 Å². The molecular formula is C28H35N3O. The van der Waals surface area contributed by atoms with Gasteiger partial charge in [-0.15, -0.1) is 0 Å². The summed E-state index contributed by atoms with van der Waals surface area (Å²) in [5, 5.41) is 2.70. The number of pyridine rings is 1. The lowest BCUT2D eigenvalue weighted by Crippen LogP contribution is -2.38.